The molecule has 1 aliphatic heterocycles. The molecule has 0 unspecified atom stereocenters. The summed E-state index contributed by atoms with van der Waals surface area (Å²) in [6, 6.07) is 11.3. The summed E-state index contributed by atoms with van der Waals surface area (Å²) >= 11 is 0. The molecule has 10 nitrogen and oxygen atoms in total. The molecule has 0 fully saturated rings. The van der Waals surface area contributed by atoms with E-state index >= 15 is 0 Å². The number of carbonyl (C=O) groups excluding carboxylic acids is 2. The van der Waals surface area contributed by atoms with Gasteiger partial charge in [-0.2, -0.15) is 4.98 Å². The van der Waals surface area contributed by atoms with Gasteiger partial charge < -0.3 is 9.84 Å². The molecular weight excluding hydrogens is 410 g/mol. The Morgan fingerprint density at radius 3 is 2.56 bits per heavy atom. The van der Waals surface area contributed by atoms with E-state index in [9.17, 15) is 9.59 Å². The Balaban J connectivity index is 1.54. The Hall–Kier alpha value is -4.08. The van der Waals surface area contributed by atoms with E-state index in [4.69, 9.17) is 4.52 Å². The number of aliphatic imine (C=N–C) groups is 1. The standard InChI is InChI=1S/C22H23N7O3/c1-13(2)17(21-26-18(28-32-21)15-9-11-23-12-10-15)25-20(30)19-24-14(3)22(31)29(27-19)16-7-5-4-6-8-16/h4-14,17H,1-3H3,(H,24,27)(H,25,30)/t14-,17-/m0/s1. The van der Waals surface area contributed by atoms with Gasteiger partial charge >= 0.3 is 0 Å². The number of nitrogens with zero attached hydrogens (tertiary/aromatic N) is 5. The maximum Gasteiger partial charge on any atom is 0.288 e. The molecule has 0 spiro atoms. The van der Waals surface area contributed by atoms with Gasteiger partial charge in [0, 0.05) is 18.0 Å². The zero-order valence-corrected chi connectivity index (χ0v) is 17.9. The van der Waals surface area contributed by atoms with Crippen LogP contribution in [0.1, 0.15) is 32.7 Å². The summed E-state index contributed by atoms with van der Waals surface area (Å²) in [7, 11) is 0. The molecule has 2 N–H and O–H groups in total. The molecule has 3 aromatic rings. The molecular formula is C22H23N7O3. The van der Waals surface area contributed by atoms with E-state index < -0.39 is 18.0 Å². The first kappa shape index (κ1) is 21.2. The number of amidine groups is 1. The van der Waals surface area contributed by atoms with Crippen LogP contribution in [0.4, 0.5) is 5.69 Å². The number of nitrogens with one attached hydrogen (secondary N) is 2. The van der Waals surface area contributed by atoms with Gasteiger partial charge in [-0.15, -0.1) is 0 Å². The molecule has 10 heteroatoms. The Bertz CT molecular complexity index is 1130. The fourth-order valence-electron chi connectivity index (χ4n) is 3.21. The summed E-state index contributed by atoms with van der Waals surface area (Å²) in [5.41, 5.74) is 4.20. The van der Waals surface area contributed by atoms with Crippen LogP contribution < -0.4 is 15.8 Å². The van der Waals surface area contributed by atoms with Crippen LogP contribution in [0.15, 0.2) is 64.4 Å². The number of hydrogen-bond donors (Lipinski definition) is 2. The highest BCUT2D eigenvalue weighted by molar-refractivity contribution is 6.39. The summed E-state index contributed by atoms with van der Waals surface area (Å²) in [5, 5.41) is 8.24. The Kier molecular flexibility index (Phi) is 5.93. The molecule has 164 valence electrons. The fraction of sp³-hybridized carbons (Fsp3) is 0.273. The molecule has 2 aromatic heterocycles. The lowest BCUT2D eigenvalue weighted by atomic mass is 10.0. The number of amides is 2. The van der Waals surface area contributed by atoms with E-state index in [0.717, 1.165) is 5.56 Å². The molecule has 4 rings (SSSR count). The lowest BCUT2D eigenvalue weighted by Crippen LogP contribution is -2.58. The number of anilines is 1. The Morgan fingerprint density at radius 1 is 1.16 bits per heavy atom. The van der Waals surface area contributed by atoms with E-state index in [2.05, 4.69) is 30.9 Å². The molecule has 2 atom stereocenters. The molecule has 3 heterocycles. The van der Waals surface area contributed by atoms with Crippen molar-refractivity contribution < 1.29 is 14.1 Å². The van der Waals surface area contributed by atoms with Crippen molar-refractivity contribution in [3.8, 4) is 11.4 Å². The first-order valence-corrected chi connectivity index (χ1v) is 10.2. The van der Waals surface area contributed by atoms with Gasteiger partial charge in [-0.1, -0.05) is 37.2 Å². The van der Waals surface area contributed by atoms with E-state index in [0.29, 0.717) is 11.5 Å². The smallest absolute Gasteiger partial charge is 0.288 e. The summed E-state index contributed by atoms with van der Waals surface area (Å²) in [6.07, 6.45) is 3.28. The molecule has 0 radical (unpaired) electrons. The lowest BCUT2D eigenvalue weighted by Gasteiger charge is -2.31. The van der Waals surface area contributed by atoms with Crippen molar-refractivity contribution in [1.29, 1.82) is 0 Å². The van der Waals surface area contributed by atoms with E-state index in [-0.39, 0.29) is 23.6 Å². The molecule has 1 aromatic carbocycles. The maximum atomic E-state index is 13.1. The third kappa shape index (κ3) is 4.34. The maximum absolute atomic E-state index is 13.1. The second-order valence-corrected chi connectivity index (χ2v) is 7.66. The Labute approximate surface area is 184 Å². The van der Waals surface area contributed by atoms with Crippen LogP contribution in [0.2, 0.25) is 0 Å². The lowest BCUT2D eigenvalue weighted by molar-refractivity contribution is -0.120. The number of benzene rings is 1. The average molecular weight is 433 g/mol. The summed E-state index contributed by atoms with van der Waals surface area (Å²) in [5.74, 6) is -0.0659. The largest absolute Gasteiger partial charge is 0.337 e. The molecule has 0 saturated carbocycles. The second-order valence-electron chi connectivity index (χ2n) is 7.66. The number of hydrazine groups is 1. The number of aromatic nitrogens is 3. The highest BCUT2D eigenvalue weighted by Gasteiger charge is 2.33. The van der Waals surface area contributed by atoms with Gasteiger partial charge in [-0.05, 0) is 37.1 Å². The minimum Gasteiger partial charge on any atom is -0.337 e. The van der Waals surface area contributed by atoms with Crippen LogP contribution in [0.5, 0.6) is 0 Å². The van der Waals surface area contributed by atoms with E-state index in [1.54, 1.807) is 43.6 Å². The third-order valence-corrected chi connectivity index (χ3v) is 4.95. The van der Waals surface area contributed by atoms with Gasteiger partial charge in [0.25, 0.3) is 11.8 Å². The van der Waals surface area contributed by atoms with Gasteiger partial charge in [-0.3, -0.25) is 20.0 Å². The zero-order chi connectivity index (χ0) is 22.7. The first-order chi connectivity index (χ1) is 15.4. The molecule has 0 saturated heterocycles. The number of rotatable bonds is 6. The average Bonchev–Trinajstić information content (AvgIpc) is 3.30. The minimum atomic E-state index is -0.712. The fourth-order valence-corrected chi connectivity index (χ4v) is 3.21. The van der Waals surface area contributed by atoms with Crippen LogP contribution >= 0.6 is 0 Å². The van der Waals surface area contributed by atoms with Crippen molar-refractivity contribution >= 4 is 23.3 Å². The van der Waals surface area contributed by atoms with Crippen LogP contribution in [0.3, 0.4) is 0 Å². The normalized spacial score (nSPS) is 17.0. The van der Waals surface area contributed by atoms with Gasteiger partial charge in [-0.25, -0.2) is 10.0 Å². The molecule has 0 bridgehead atoms. The summed E-state index contributed by atoms with van der Waals surface area (Å²) < 4.78 is 5.44. The SMILES string of the molecule is CC(C)[C@H](NC(=O)C1=N[C@@H](C)C(=O)N(c2ccccc2)N1)c1nc(-c2ccncc2)no1. The monoisotopic (exact) mass is 433 g/mol. The highest BCUT2D eigenvalue weighted by Crippen LogP contribution is 2.23. The molecule has 2 amide bonds. The van der Waals surface area contributed by atoms with Gasteiger partial charge in [0.2, 0.25) is 17.6 Å². The third-order valence-electron chi connectivity index (χ3n) is 4.95. The van der Waals surface area contributed by atoms with Crippen molar-refractivity contribution in [2.75, 3.05) is 5.01 Å². The number of para-hydroxylation sites is 1. The van der Waals surface area contributed by atoms with E-state index in [1.807, 2.05) is 32.0 Å². The topological polar surface area (TPSA) is 126 Å². The summed E-state index contributed by atoms with van der Waals surface area (Å²) in [4.78, 5) is 38.3. The van der Waals surface area contributed by atoms with Gasteiger partial charge in [0.05, 0.1) is 5.69 Å². The van der Waals surface area contributed by atoms with Crippen LogP contribution in [-0.2, 0) is 9.59 Å². The Morgan fingerprint density at radius 2 is 1.88 bits per heavy atom. The van der Waals surface area contributed by atoms with Crippen LogP contribution in [0, 0.1) is 5.92 Å². The van der Waals surface area contributed by atoms with Gasteiger partial charge in [0.1, 0.15) is 12.1 Å². The summed E-state index contributed by atoms with van der Waals surface area (Å²) in [6.45, 7) is 5.50. The van der Waals surface area contributed by atoms with Gasteiger partial charge in [0.15, 0.2) is 0 Å². The second kappa shape index (κ2) is 8.96. The van der Waals surface area contributed by atoms with Crippen molar-refractivity contribution in [3.63, 3.8) is 0 Å². The number of pyridine rings is 1. The highest BCUT2D eigenvalue weighted by atomic mass is 16.5. The van der Waals surface area contributed by atoms with E-state index in [1.165, 1.54) is 5.01 Å². The zero-order valence-electron chi connectivity index (χ0n) is 17.9. The quantitative estimate of drug-likeness (QED) is 0.611. The number of hydrogen-bond acceptors (Lipinski definition) is 8. The predicted molar refractivity (Wildman–Crippen MR) is 117 cm³/mol. The predicted octanol–water partition coefficient (Wildman–Crippen LogP) is 2.28. The molecule has 1 aliphatic rings. The minimum absolute atomic E-state index is 0.0282. The van der Waals surface area contributed by atoms with Crippen molar-refractivity contribution in [2.45, 2.75) is 32.9 Å². The van der Waals surface area contributed by atoms with Crippen molar-refractivity contribution in [3.05, 3.63) is 60.7 Å². The van der Waals surface area contributed by atoms with Crippen LogP contribution in [-0.4, -0.2) is 38.8 Å². The molecule has 32 heavy (non-hydrogen) atoms. The van der Waals surface area contributed by atoms with Crippen molar-refractivity contribution in [2.24, 2.45) is 10.9 Å². The number of carbonyl (C=O) groups is 2. The molecule has 0 aliphatic carbocycles. The van der Waals surface area contributed by atoms with Crippen LogP contribution in [0.25, 0.3) is 11.4 Å². The first-order valence-electron chi connectivity index (χ1n) is 10.2. The van der Waals surface area contributed by atoms with Crippen molar-refractivity contribution in [1.82, 2.24) is 25.9 Å².